The third-order valence-corrected chi connectivity index (χ3v) is 8.09. The van der Waals surface area contributed by atoms with Crippen LogP contribution in [0.4, 0.5) is 0 Å². The summed E-state index contributed by atoms with van der Waals surface area (Å²) >= 11 is 0. The first-order valence-electron chi connectivity index (χ1n) is 14.1. The molecule has 0 radical (unpaired) electrons. The molecule has 0 unspecified atom stereocenters. The zero-order chi connectivity index (χ0) is 26.6. The van der Waals surface area contributed by atoms with Gasteiger partial charge in [-0.05, 0) is 54.2 Å². The summed E-state index contributed by atoms with van der Waals surface area (Å²) in [4.78, 5) is 28.7. The number of hydrogen-bond acceptors (Lipinski definition) is 4. The molecular formula is C32H35N3O4. The highest BCUT2D eigenvalue weighted by molar-refractivity contribution is 6.01. The van der Waals surface area contributed by atoms with Gasteiger partial charge in [0.1, 0.15) is 12.3 Å². The van der Waals surface area contributed by atoms with Crippen molar-refractivity contribution in [3.05, 3.63) is 83.8 Å². The highest BCUT2D eigenvalue weighted by atomic mass is 16.5. The summed E-state index contributed by atoms with van der Waals surface area (Å²) in [5, 5.41) is 4.10. The van der Waals surface area contributed by atoms with Gasteiger partial charge in [0.05, 0.1) is 37.2 Å². The third kappa shape index (κ3) is 5.36. The lowest BCUT2D eigenvalue weighted by molar-refractivity contribution is -0.135. The van der Waals surface area contributed by atoms with Crippen LogP contribution in [-0.2, 0) is 22.6 Å². The highest BCUT2D eigenvalue weighted by Crippen LogP contribution is 2.44. The van der Waals surface area contributed by atoms with E-state index in [1.165, 1.54) is 24.8 Å². The number of morpholine rings is 1. The summed E-state index contributed by atoms with van der Waals surface area (Å²) < 4.78 is 13.0. The second-order valence-electron chi connectivity index (χ2n) is 10.5. The first kappa shape index (κ1) is 25.4. The number of hydrogen-bond donors (Lipinski definition) is 1. The minimum Gasteiger partial charge on any atom is -0.467 e. The first-order valence-corrected chi connectivity index (χ1v) is 14.1. The standard InChI is InChI=1S/C32H35N3O4/c36-29(34-15-18-38-19-16-34)22-35-28-20-25(32(37)33-21-26-12-7-17-39-26)13-14-27(28)30(23-8-3-1-4-9-23)31(35)24-10-5-2-6-11-24/h2,5-7,10-14,17,20,23H,1,3-4,8-9,15-16,18-19,21-22H2,(H,33,37). The predicted molar refractivity (Wildman–Crippen MR) is 150 cm³/mol. The Morgan fingerprint density at radius 2 is 1.72 bits per heavy atom. The second-order valence-corrected chi connectivity index (χ2v) is 10.5. The Labute approximate surface area is 228 Å². The lowest BCUT2D eigenvalue weighted by Gasteiger charge is -2.28. The number of nitrogens with zero attached hydrogens (tertiary/aromatic N) is 2. The van der Waals surface area contributed by atoms with Gasteiger partial charge >= 0.3 is 0 Å². The average Bonchev–Trinajstić information content (AvgIpc) is 3.63. The number of furan rings is 1. The fourth-order valence-corrected chi connectivity index (χ4v) is 6.12. The van der Waals surface area contributed by atoms with Crippen LogP contribution in [0, 0.1) is 0 Å². The van der Waals surface area contributed by atoms with Crippen LogP contribution >= 0.6 is 0 Å². The SMILES string of the molecule is O=C(NCc1ccco1)c1ccc2c(C3CCCCC3)c(-c3ccccc3)n(CC(=O)N3CCOCC3)c2c1. The molecule has 7 heteroatoms. The van der Waals surface area contributed by atoms with Crippen molar-refractivity contribution >= 4 is 22.7 Å². The molecule has 1 aliphatic heterocycles. The fourth-order valence-electron chi connectivity index (χ4n) is 6.12. The van der Waals surface area contributed by atoms with Crippen molar-refractivity contribution in [2.75, 3.05) is 26.3 Å². The minimum atomic E-state index is -0.166. The Morgan fingerprint density at radius 1 is 0.923 bits per heavy atom. The molecule has 39 heavy (non-hydrogen) atoms. The topological polar surface area (TPSA) is 76.7 Å². The maximum absolute atomic E-state index is 13.6. The maximum Gasteiger partial charge on any atom is 0.251 e. The molecule has 1 N–H and O–H groups in total. The van der Waals surface area contributed by atoms with Gasteiger partial charge in [0.15, 0.2) is 0 Å². The number of rotatable bonds is 7. The van der Waals surface area contributed by atoms with Crippen molar-refractivity contribution in [3.63, 3.8) is 0 Å². The van der Waals surface area contributed by atoms with Crippen LogP contribution in [0.25, 0.3) is 22.2 Å². The van der Waals surface area contributed by atoms with Gasteiger partial charge in [-0.1, -0.05) is 55.7 Å². The van der Waals surface area contributed by atoms with Crippen LogP contribution in [0.2, 0.25) is 0 Å². The van der Waals surface area contributed by atoms with Crippen molar-refractivity contribution in [3.8, 4) is 11.3 Å². The molecule has 0 bridgehead atoms. The normalized spacial score (nSPS) is 16.5. The van der Waals surface area contributed by atoms with Gasteiger partial charge < -0.3 is 23.9 Å². The number of carbonyl (C=O) groups excluding carboxylic acids is 2. The molecule has 2 amide bonds. The number of nitrogens with one attached hydrogen (secondary N) is 1. The maximum atomic E-state index is 13.6. The van der Waals surface area contributed by atoms with E-state index in [1.807, 2.05) is 35.2 Å². The van der Waals surface area contributed by atoms with Crippen LogP contribution in [0.3, 0.4) is 0 Å². The molecular weight excluding hydrogens is 490 g/mol. The van der Waals surface area contributed by atoms with Gasteiger partial charge in [0.25, 0.3) is 5.91 Å². The van der Waals surface area contributed by atoms with Crippen molar-refractivity contribution < 1.29 is 18.7 Å². The number of ether oxygens (including phenoxy) is 1. The monoisotopic (exact) mass is 525 g/mol. The summed E-state index contributed by atoms with van der Waals surface area (Å²) in [6.45, 7) is 2.89. The van der Waals surface area contributed by atoms with Gasteiger partial charge in [0, 0.05) is 24.0 Å². The molecule has 2 aromatic heterocycles. The summed E-state index contributed by atoms with van der Waals surface area (Å²) in [5.41, 5.74) is 5.02. The average molecular weight is 526 g/mol. The van der Waals surface area contributed by atoms with Crippen LogP contribution in [-0.4, -0.2) is 47.6 Å². The lowest BCUT2D eigenvalue weighted by Crippen LogP contribution is -2.42. The zero-order valence-electron chi connectivity index (χ0n) is 22.2. The van der Waals surface area contributed by atoms with Gasteiger partial charge in [-0.3, -0.25) is 9.59 Å². The number of aromatic nitrogens is 1. The molecule has 0 atom stereocenters. The van der Waals surface area contributed by atoms with Crippen LogP contribution in [0.5, 0.6) is 0 Å². The minimum absolute atomic E-state index is 0.0789. The highest BCUT2D eigenvalue weighted by Gasteiger charge is 2.29. The number of carbonyl (C=O) groups is 2. The summed E-state index contributed by atoms with van der Waals surface area (Å²) in [6.07, 6.45) is 7.58. The van der Waals surface area contributed by atoms with E-state index in [2.05, 4.69) is 40.2 Å². The van der Waals surface area contributed by atoms with E-state index in [4.69, 9.17) is 9.15 Å². The van der Waals surface area contributed by atoms with Crippen LogP contribution in [0.15, 0.2) is 71.3 Å². The van der Waals surface area contributed by atoms with Gasteiger partial charge in [-0.15, -0.1) is 0 Å². The molecule has 0 spiro atoms. The van der Waals surface area contributed by atoms with Crippen molar-refractivity contribution in [2.45, 2.75) is 51.1 Å². The Hall–Kier alpha value is -3.84. The van der Waals surface area contributed by atoms with E-state index in [0.29, 0.717) is 50.1 Å². The van der Waals surface area contributed by atoms with E-state index >= 15 is 0 Å². The molecule has 6 rings (SSSR count). The molecule has 2 aromatic carbocycles. The van der Waals surface area contributed by atoms with Gasteiger partial charge in [-0.2, -0.15) is 0 Å². The predicted octanol–water partition coefficient (Wildman–Crippen LogP) is 5.74. The van der Waals surface area contributed by atoms with E-state index in [-0.39, 0.29) is 18.4 Å². The van der Waals surface area contributed by atoms with Crippen molar-refractivity contribution in [1.29, 1.82) is 0 Å². The molecule has 1 saturated heterocycles. The van der Waals surface area contributed by atoms with E-state index in [1.54, 1.807) is 6.26 Å². The molecule has 1 aliphatic carbocycles. The van der Waals surface area contributed by atoms with Crippen LogP contribution < -0.4 is 5.32 Å². The number of benzene rings is 2. The molecule has 3 heterocycles. The molecule has 202 valence electrons. The largest absolute Gasteiger partial charge is 0.467 e. The van der Waals surface area contributed by atoms with E-state index in [9.17, 15) is 9.59 Å². The van der Waals surface area contributed by atoms with Gasteiger partial charge in [-0.25, -0.2) is 0 Å². The van der Waals surface area contributed by atoms with Crippen molar-refractivity contribution in [1.82, 2.24) is 14.8 Å². The Bertz CT molecular complexity index is 1430. The van der Waals surface area contributed by atoms with Crippen molar-refractivity contribution in [2.24, 2.45) is 0 Å². The van der Waals surface area contributed by atoms with Gasteiger partial charge in [0.2, 0.25) is 5.91 Å². The fraction of sp³-hybridized carbons (Fsp3) is 0.375. The van der Waals surface area contributed by atoms with Crippen LogP contribution in [0.1, 0.15) is 59.7 Å². The first-order chi connectivity index (χ1) is 19.2. The smallest absolute Gasteiger partial charge is 0.251 e. The molecule has 7 nitrogen and oxygen atoms in total. The lowest BCUT2D eigenvalue weighted by atomic mass is 9.82. The molecule has 4 aromatic rings. The molecule has 1 saturated carbocycles. The molecule has 2 fully saturated rings. The summed E-state index contributed by atoms with van der Waals surface area (Å²) in [7, 11) is 0. The van der Waals surface area contributed by atoms with E-state index < -0.39 is 0 Å². The Kier molecular flexibility index (Phi) is 7.50. The summed E-state index contributed by atoms with van der Waals surface area (Å²) in [5.74, 6) is 1.04. The Morgan fingerprint density at radius 3 is 2.46 bits per heavy atom. The third-order valence-electron chi connectivity index (χ3n) is 8.09. The Balaban J connectivity index is 1.46. The van der Waals surface area contributed by atoms with E-state index in [0.717, 1.165) is 35.0 Å². The summed E-state index contributed by atoms with van der Waals surface area (Å²) in [6, 6.07) is 20.0. The quantitative estimate of drug-likeness (QED) is 0.334. The second kappa shape index (κ2) is 11.5. The zero-order valence-corrected chi connectivity index (χ0v) is 22.2. The molecule has 2 aliphatic rings. The number of amides is 2. The number of fused-ring (bicyclic) bond motifs is 1.